The van der Waals surface area contributed by atoms with Gasteiger partial charge in [-0.3, -0.25) is 4.79 Å². The van der Waals surface area contributed by atoms with E-state index in [1.165, 1.54) is 0 Å². The van der Waals surface area contributed by atoms with Gasteiger partial charge in [0.1, 0.15) is 0 Å². The number of hydrogen-bond acceptors (Lipinski definition) is 2. The number of urea groups is 1. The molecule has 0 aromatic carbocycles. The molecule has 0 rings (SSSR count). The average molecular weight is 228 g/mol. The molecule has 0 aliphatic carbocycles. The summed E-state index contributed by atoms with van der Waals surface area (Å²) in [5.41, 5.74) is 1.08. The van der Waals surface area contributed by atoms with E-state index in [-0.39, 0.29) is 12.5 Å². The predicted octanol–water partition coefficient (Wildman–Crippen LogP) is 1.71. The van der Waals surface area contributed by atoms with Crippen molar-refractivity contribution in [3.63, 3.8) is 0 Å². The van der Waals surface area contributed by atoms with Gasteiger partial charge in [-0.05, 0) is 19.3 Å². The van der Waals surface area contributed by atoms with Crippen LogP contribution in [0.1, 0.15) is 33.6 Å². The lowest BCUT2D eigenvalue weighted by Gasteiger charge is -2.07. The number of allylic oxidation sites excluding steroid dienone is 1. The number of carbonyl (C=O) groups excluding carboxylic acids is 1. The highest BCUT2D eigenvalue weighted by atomic mass is 16.4. The van der Waals surface area contributed by atoms with Gasteiger partial charge in [-0.15, -0.1) is 0 Å². The van der Waals surface area contributed by atoms with Gasteiger partial charge < -0.3 is 15.7 Å². The zero-order valence-electron chi connectivity index (χ0n) is 10.0. The van der Waals surface area contributed by atoms with Gasteiger partial charge in [0.05, 0.1) is 0 Å². The lowest BCUT2D eigenvalue weighted by atomic mass is 10.1. The largest absolute Gasteiger partial charge is 0.481 e. The number of rotatable bonds is 6. The van der Waals surface area contributed by atoms with E-state index in [1.807, 2.05) is 20.8 Å². The summed E-state index contributed by atoms with van der Waals surface area (Å²) < 4.78 is 0. The molecule has 0 heterocycles. The Labute approximate surface area is 95.9 Å². The number of hydrogen-bond donors (Lipinski definition) is 3. The molecule has 0 aliphatic rings. The number of aliphatic carboxylic acids is 1. The van der Waals surface area contributed by atoms with Crippen molar-refractivity contribution in [1.29, 1.82) is 0 Å². The van der Waals surface area contributed by atoms with Gasteiger partial charge in [-0.1, -0.05) is 19.4 Å². The standard InChI is InChI=1S/C11H20N2O3/c1-8(2)9(3)7-13-11(16)12-6-4-5-10(14)15/h7-8H,4-6H2,1-3H3,(H,14,15)(H2,12,13,16)/b9-7+. The van der Waals surface area contributed by atoms with Gasteiger partial charge in [-0.2, -0.15) is 0 Å². The third-order valence-electron chi connectivity index (χ3n) is 2.19. The van der Waals surface area contributed by atoms with Crippen molar-refractivity contribution in [2.75, 3.05) is 6.54 Å². The van der Waals surface area contributed by atoms with Crippen LogP contribution in [0.15, 0.2) is 11.8 Å². The Morgan fingerprint density at radius 1 is 1.38 bits per heavy atom. The molecule has 0 aromatic heterocycles. The smallest absolute Gasteiger partial charge is 0.318 e. The van der Waals surface area contributed by atoms with Crippen molar-refractivity contribution in [3.8, 4) is 0 Å². The normalized spacial score (nSPS) is 11.4. The molecule has 0 radical (unpaired) electrons. The van der Waals surface area contributed by atoms with Crippen LogP contribution in [0.4, 0.5) is 4.79 Å². The Balaban J connectivity index is 3.67. The monoisotopic (exact) mass is 228 g/mol. The summed E-state index contributed by atoms with van der Waals surface area (Å²) in [6.45, 7) is 6.39. The van der Waals surface area contributed by atoms with Crippen LogP contribution in [0.2, 0.25) is 0 Å². The maximum Gasteiger partial charge on any atom is 0.318 e. The van der Waals surface area contributed by atoms with Crippen molar-refractivity contribution in [2.24, 2.45) is 5.92 Å². The molecule has 0 unspecified atom stereocenters. The molecular weight excluding hydrogens is 208 g/mol. The minimum absolute atomic E-state index is 0.0706. The molecule has 0 bridgehead atoms. The second kappa shape index (κ2) is 7.73. The molecule has 0 aromatic rings. The van der Waals surface area contributed by atoms with Crippen molar-refractivity contribution in [2.45, 2.75) is 33.6 Å². The summed E-state index contributed by atoms with van der Waals surface area (Å²) in [6.07, 6.45) is 2.17. The molecule has 0 saturated heterocycles. The van der Waals surface area contributed by atoms with Gasteiger partial charge in [0.25, 0.3) is 0 Å². The minimum Gasteiger partial charge on any atom is -0.481 e. The van der Waals surface area contributed by atoms with E-state index >= 15 is 0 Å². The van der Waals surface area contributed by atoms with Crippen LogP contribution in [-0.4, -0.2) is 23.7 Å². The number of carboxylic acid groups (broad SMARTS) is 1. The Kier molecular flexibility index (Phi) is 7.00. The van der Waals surface area contributed by atoms with Crippen molar-refractivity contribution < 1.29 is 14.7 Å². The Morgan fingerprint density at radius 3 is 2.50 bits per heavy atom. The highest BCUT2D eigenvalue weighted by molar-refractivity contribution is 5.75. The molecule has 3 N–H and O–H groups in total. The number of amides is 2. The molecule has 0 aliphatic heterocycles. The summed E-state index contributed by atoms with van der Waals surface area (Å²) in [7, 11) is 0. The van der Waals surface area contributed by atoms with Gasteiger partial charge in [-0.25, -0.2) is 4.79 Å². The van der Waals surface area contributed by atoms with E-state index in [0.717, 1.165) is 5.57 Å². The first-order chi connectivity index (χ1) is 7.43. The van der Waals surface area contributed by atoms with Crippen molar-refractivity contribution >= 4 is 12.0 Å². The molecular formula is C11H20N2O3. The fourth-order valence-corrected chi connectivity index (χ4v) is 0.839. The molecule has 0 saturated carbocycles. The highest BCUT2D eigenvalue weighted by Crippen LogP contribution is 2.05. The topological polar surface area (TPSA) is 78.4 Å². The maximum atomic E-state index is 11.2. The van der Waals surface area contributed by atoms with Crippen LogP contribution in [0, 0.1) is 5.92 Å². The summed E-state index contributed by atoms with van der Waals surface area (Å²) in [5, 5.41) is 13.5. The van der Waals surface area contributed by atoms with E-state index in [0.29, 0.717) is 18.9 Å². The average Bonchev–Trinajstić information content (AvgIpc) is 2.20. The van der Waals surface area contributed by atoms with E-state index in [4.69, 9.17) is 5.11 Å². The Hall–Kier alpha value is -1.52. The molecule has 16 heavy (non-hydrogen) atoms. The lowest BCUT2D eigenvalue weighted by Crippen LogP contribution is -2.33. The van der Waals surface area contributed by atoms with Gasteiger partial charge in [0.15, 0.2) is 0 Å². The second-order valence-electron chi connectivity index (χ2n) is 3.94. The molecule has 2 amide bonds. The summed E-state index contributed by atoms with van der Waals surface area (Å²) in [6, 6.07) is -0.301. The van der Waals surface area contributed by atoms with E-state index in [9.17, 15) is 9.59 Å². The maximum absolute atomic E-state index is 11.2. The third kappa shape index (κ3) is 7.84. The molecule has 0 atom stereocenters. The van der Waals surface area contributed by atoms with Gasteiger partial charge in [0.2, 0.25) is 0 Å². The number of nitrogens with one attached hydrogen (secondary N) is 2. The zero-order valence-corrected chi connectivity index (χ0v) is 10.0. The summed E-state index contributed by atoms with van der Waals surface area (Å²) in [5.74, 6) is -0.454. The summed E-state index contributed by atoms with van der Waals surface area (Å²) in [4.78, 5) is 21.4. The number of carboxylic acids is 1. The van der Waals surface area contributed by atoms with Gasteiger partial charge >= 0.3 is 12.0 Å². The van der Waals surface area contributed by atoms with Crippen LogP contribution in [-0.2, 0) is 4.79 Å². The minimum atomic E-state index is -0.849. The highest BCUT2D eigenvalue weighted by Gasteiger charge is 2.00. The van der Waals surface area contributed by atoms with E-state index in [1.54, 1.807) is 6.20 Å². The summed E-state index contributed by atoms with van der Waals surface area (Å²) >= 11 is 0. The molecule has 0 spiro atoms. The first-order valence-corrected chi connectivity index (χ1v) is 5.36. The van der Waals surface area contributed by atoms with E-state index in [2.05, 4.69) is 10.6 Å². The molecule has 92 valence electrons. The second-order valence-corrected chi connectivity index (χ2v) is 3.94. The van der Waals surface area contributed by atoms with Crippen molar-refractivity contribution in [1.82, 2.24) is 10.6 Å². The van der Waals surface area contributed by atoms with Crippen molar-refractivity contribution in [3.05, 3.63) is 11.8 Å². The predicted molar refractivity (Wildman–Crippen MR) is 62.0 cm³/mol. The van der Waals surface area contributed by atoms with Crippen LogP contribution in [0.3, 0.4) is 0 Å². The van der Waals surface area contributed by atoms with Crippen LogP contribution in [0.5, 0.6) is 0 Å². The first-order valence-electron chi connectivity index (χ1n) is 5.36. The van der Waals surface area contributed by atoms with Crippen LogP contribution in [0.25, 0.3) is 0 Å². The molecule has 5 nitrogen and oxygen atoms in total. The molecule has 0 fully saturated rings. The fraction of sp³-hybridized carbons (Fsp3) is 0.636. The van der Waals surface area contributed by atoms with Crippen LogP contribution >= 0.6 is 0 Å². The fourth-order valence-electron chi connectivity index (χ4n) is 0.839. The van der Waals surface area contributed by atoms with E-state index < -0.39 is 5.97 Å². The molecule has 5 heteroatoms. The van der Waals surface area contributed by atoms with Crippen LogP contribution < -0.4 is 10.6 Å². The van der Waals surface area contributed by atoms with Gasteiger partial charge in [0, 0.05) is 19.2 Å². The quantitative estimate of drug-likeness (QED) is 0.605. The Morgan fingerprint density at radius 2 is 2.00 bits per heavy atom. The number of carbonyl (C=O) groups is 2. The zero-order chi connectivity index (χ0) is 12.6. The first kappa shape index (κ1) is 14.5. The lowest BCUT2D eigenvalue weighted by molar-refractivity contribution is -0.137. The SMILES string of the molecule is C/C(=C\NC(=O)NCCCC(=O)O)C(C)C. The third-order valence-corrected chi connectivity index (χ3v) is 2.19. The Bertz CT molecular complexity index is 272.